The summed E-state index contributed by atoms with van der Waals surface area (Å²) in [5, 5.41) is 9.47. The van der Waals surface area contributed by atoms with E-state index in [0.717, 1.165) is 19.6 Å². The first-order valence-corrected chi connectivity index (χ1v) is 9.71. The molecule has 0 aliphatic carbocycles. The molecule has 0 radical (unpaired) electrons. The molecule has 0 saturated carbocycles. The molecule has 8 nitrogen and oxygen atoms in total. The molecule has 0 amide bonds. The molecule has 1 aliphatic heterocycles. The van der Waals surface area contributed by atoms with Crippen LogP contribution in [0, 0.1) is 5.82 Å². The van der Waals surface area contributed by atoms with E-state index in [1.165, 1.54) is 26.0 Å². The van der Waals surface area contributed by atoms with Crippen molar-refractivity contribution in [3.8, 4) is 5.75 Å². The SMILES string of the molecule is CCNc1nc(NCC2CCCN2CC)nc(Nc2ccc(OC)c(F)c2)n1. The van der Waals surface area contributed by atoms with Gasteiger partial charge in [-0.25, -0.2) is 4.39 Å². The summed E-state index contributed by atoms with van der Waals surface area (Å²) < 4.78 is 18.9. The van der Waals surface area contributed by atoms with Crippen LogP contribution in [0.4, 0.5) is 27.9 Å². The molecule has 2 heterocycles. The number of nitrogens with zero attached hydrogens (tertiary/aromatic N) is 4. The predicted molar refractivity (Wildman–Crippen MR) is 109 cm³/mol. The van der Waals surface area contributed by atoms with Gasteiger partial charge in [-0.1, -0.05) is 6.92 Å². The molecular formula is C19H28FN7O. The third-order valence-corrected chi connectivity index (χ3v) is 4.78. The fourth-order valence-electron chi connectivity index (χ4n) is 3.37. The largest absolute Gasteiger partial charge is 0.494 e. The van der Waals surface area contributed by atoms with Crippen LogP contribution < -0.4 is 20.7 Å². The minimum Gasteiger partial charge on any atom is -0.494 e. The van der Waals surface area contributed by atoms with Crippen molar-refractivity contribution in [2.45, 2.75) is 32.7 Å². The topological polar surface area (TPSA) is 87.2 Å². The van der Waals surface area contributed by atoms with Gasteiger partial charge in [0.15, 0.2) is 11.6 Å². The van der Waals surface area contributed by atoms with Crippen molar-refractivity contribution in [1.29, 1.82) is 0 Å². The van der Waals surface area contributed by atoms with E-state index in [1.807, 2.05) is 6.92 Å². The zero-order chi connectivity index (χ0) is 19.9. The summed E-state index contributed by atoms with van der Waals surface area (Å²) in [6, 6.07) is 5.10. The average Bonchev–Trinajstić information content (AvgIpc) is 3.14. The molecule has 1 unspecified atom stereocenters. The van der Waals surface area contributed by atoms with Gasteiger partial charge in [0.05, 0.1) is 7.11 Å². The number of hydrogen-bond acceptors (Lipinski definition) is 8. The van der Waals surface area contributed by atoms with E-state index in [4.69, 9.17) is 4.74 Å². The molecule has 1 aromatic carbocycles. The minimum absolute atomic E-state index is 0.189. The number of methoxy groups -OCH3 is 1. The Bertz CT molecular complexity index is 789. The van der Waals surface area contributed by atoms with Crippen LogP contribution in [0.15, 0.2) is 18.2 Å². The molecule has 152 valence electrons. The van der Waals surface area contributed by atoms with Crippen molar-refractivity contribution in [2.24, 2.45) is 0 Å². The van der Waals surface area contributed by atoms with Crippen LogP contribution in [0.2, 0.25) is 0 Å². The lowest BCUT2D eigenvalue weighted by Gasteiger charge is -2.23. The number of likely N-dealkylation sites (tertiary alicyclic amines) is 1. The summed E-state index contributed by atoms with van der Waals surface area (Å²) >= 11 is 0. The molecule has 28 heavy (non-hydrogen) atoms. The number of nitrogens with one attached hydrogen (secondary N) is 3. The number of likely N-dealkylation sites (N-methyl/N-ethyl adjacent to an activating group) is 1. The number of aromatic nitrogens is 3. The molecule has 0 spiro atoms. The number of anilines is 4. The van der Waals surface area contributed by atoms with E-state index in [1.54, 1.807) is 12.1 Å². The molecule has 0 bridgehead atoms. The second-order valence-electron chi connectivity index (χ2n) is 6.62. The van der Waals surface area contributed by atoms with E-state index in [2.05, 4.69) is 42.7 Å². The van der Waals surface area contributed by atoms with Crippen molar-refractivity contribution in [3.63, 3.8) is 0 Å². The van der Waals surface area contributed by atoms with Gasteiger partial charge in [-0.2, -0.15) is 15.0 Å². The fourth-order valence-corrected chi connectivity index (χ4v) is 3.37. The van der Waals surface area contributed by atoms with Crippen molar-refractivity contribution < 1.29 is 9.13 Å². The van der Waals surface area contributed by atoms with Gasteiger partial charge in [0.1, 0.15) is 0 Å². The number of halogens is 1. The van der Waals surface area contributed by atoms with Crippen molar-refractivity contribution in [2.75, 3.05) is 49.2 Å². The third-order valence-electron chi connectivity index (χ3n) is 4.78. The van der Waals surface area contributed by atoms with Crippen LogP contribution in [0.3, 0.4) is 0 Å². The van der Waals surface area contributed by atoms with Crippen LogP contribution >= 0.6 is 0 Å². The standard InChI is InChI=1S/C19H28FN7O/c1-4-21-17-24-18(22-12-14-7-6-10-27(14)5-2)26-19(25-17)23-13-8-9-16(28-3)15(20)11-13/h8-9,11,14H,4-7,10,12H2,1-3H3,(H3,21,22,23,24,25,26). The molecule has 1 fully saturated rings. The first kappa shape index (κ1) is 20.1. The van der Waals surface area contributed by atoms with Crippen molar-refractivity contribution in [1.82, 2.24) is 19.9 Å². The van der Waals surface area contributed by atoms with Crippen molar-refractivity contribution in [3.05, 3.63) is 24.0 Å². The quantitative estimate of drug-likeness (QED) is 0.603. The zero-order valence-electron chi connectivity index (χ0n) is 16.6. The van der Waals surface area contributed by atoms with Gasteiger partial charge >= 0.3 is 0 Å². The van der Waals surface area contributed by atoms with Crippen LogP contribution in [-0.2, 0) is 0 Å². The Morgan fingerprint density at radius 3 is 2.57 bits per heavy atom. The molecule has 1 saturated heterocycles. The average molecular weight is 389 g/mol. The lowest BCUT2D eigenvalue weighted by atomic mass is 10.2. The smallest absolute Gasteiger partial charge is 0.233 e. The van der Waals surface area contributed by atoms with Gasteiger partial charge in [0, 0.05) is 30.9 Å². The third kappa shape index (κ3) is 4.98. The van der Waals surface area contributed by atoms with Gasteiger partial charge in [-0.05, 0) is 45.0 Å². The van der Waals surface area contributed by atoms with Crippen LogP contribution in [0.25, 0.3) is 0 Å². The van der Waals surface area contributed by atoms with E-state index in [9.17, 15) is 4.39 Å². The normalized spacial score (nSPS) is 16.8. The van der Waals surface area contributed by atoms with Gasteiger partial charge in [-0.3, -0.25) is 4.90 Å². The zero-order valence-corrected chi connectivity index (χ0v) is 16.6. The Kier molecular flexibility index (Phi) is 6.80. The Hall–Kier alpha value is -2.68. The summed E-state index contributed by atoms with van der Waals surface area (Å²) in [6.45, 7) is 7.80. The maximum atomic E-state index is 13.9. The number of benzene rings is 1. The highest BCUT2D eigenvalue weighted by Gasteiger charge is 2.23. The predicted octanol–water partition coefficient (Wildman–Crippen LogP) is 3.09. The summed E-state index contributed by atoms with van der Waals surface area (Å²) in [5.74, 6) is 1.04. The monoisotopic (exact) mass is 389 g/mol. The maximum Gasteiger partial charge on any atom is 0.233 e. The molecule has 3 rings (SSSR count). The molecular weight excluding hydrogens is 361 g/mol. The van der Waals surface area contributed by atoms with Crippen LogP contribution in [-0.4, -0.2) is 59.2 Å². The van der Waals surface area contributed by atoms with E-state index in [0.29, 0.717) is 36.1 Å². The first-order chi connectivity index (χ1) is 13.6. The van der Waals surface area contributed by atoms with Gasteiger partial charge in [0.25, 0.3) is 0 Å². The Morgan fingerprint density at radius 1 is 1.14 bits per heavy atom. The van der Waals surface area contributed by atoms with E-state index in [-0.39, 0.29) is 5.75 Å². The highest BCUT2D eigenvalue weighted by molar-refractivity contribution is 5.57. The summed E-state index contributed by atoms with van der Waals surface area (Å²) in [6.07, 6.45) is 2.39. The highest BCUT2D eigenvalue weighted by Crippen LogP contribution is 2.23. The summed E-state index contributed by atoms with van der Waals surface area (Å²) in [7, 11) is 1.43. The highest BCUT2D eigenvalue weighted by atomic mass is 19.1. The Balaban J connectivity index is 1.74. The van der Waals surface area contributed by atoms with E-state index >= 15 is 0 Å². The molecule has 2 aromatic rings. The number of ether oxygens (including phenoxy) is 1. The second kappa shape index (κ2) is 9.50. The van der Waals surface area contributed by atoms with Gasteiger partial charge in [-0.15, -0.1) is 0 Å². The first-order valence-electron chi connectivity index (χ1n) is 9.71. The van der Waals surface area contributed by atoms with E-state index < -0.39 is 5.82 Å². The van der Waals surface area contributed by atoms with Crippen LogP contribution in [0.5, 0.6) is 5.75 Å². The fraction of sp³-hybridized carbons (Fsp3) is 0.526. The van der Waals surface area contributed by atoms with Gasteiger partial charge in [0.2, 0.25) is 17.8 Å². The Labute approximate surface area is 164 Å². The maximum absolute atomic E-state index is 13.9. The molecule has 9 heteroatoms. The van der Waals surface area contributed by atoms with Gasteiger partial charge < -0.3 is 20.7 Å². The summed E-state index contributed by atoms with van der Waals surface area (Å²) in [5.41, 5.74) is 0.533. The molecule has 1 aromatic heterocycles. The van der Waals surface area contributed by atoms with Crippen LogP contribution in [0.1, 0.15) is 26.7 Å². The second-order valence-corrected chi connectivity index (χ2v) is 6.62. The lowest BCUT2D eigenvalue weighted by molar-refractivity contribution is 0.277. The lowest BCUT2D eigenvalue weighted by Crippen LogP contribution is -2.35. The Morgan fingerprint density at radius 2 is 1.89 bits per heavy atom. The molecule has 1 aliphatic rings. The minimum atomic E-state index is -0.451. The summed E-state index contributed by atoms with van der Waals surface area (Å²) in [4.78, 5) is 15.7. The molecule has 3 N–H and O–H groups in total. The number of rotatable bonds is 9. The molecule has 1 atom stereocenters. The van der Waals surface area contributed by atoms with Crippen molar-refractivity contribution >= 4 is 23.5 Å². The number of hydrogen-bond donors (Lipinski definition) is 3.